The molecule has 0 unspecified atom stereocenters. The largest absolute Gasteiger partial charge is 0.377 e. The number of nitrogens with zero attached hydrogens (tertiary/aromatic N) is 1. The zero-order valence-corrected chi connectivity index (χ0v) is 14.3. The lowest BCUT2D eigenvalue weighted by molar-refractivity contribution is -0.138. The lowest BCUT2D eigenvalue weighted by Gasteiger charge is -2.40. The van der Waals surface area contributed by atoms with Crippen molar-refractivity contribution in [3.8, 4) is 0 Å². The molecule has 2 aliphatic rings. The van der Waals surface area contributed by atoms with Gasteiger partial charge in [-0.05, 0) is 50.5 Å². The van der Waals surface area contributed by atoms with Crippen molar-refractivity contribution in [2.45, 2.75) is 51.2 Å². The number of hydrogen-bond donors (Lipinski definition) is 1. The fourth-order valence-electron chi connectivity index (χ4n) is 3.84. The average molecular weight is 316 g/mol. The van der Waals surface area contributed by atoms with E-state index in [0.717, 1.165) is 45.4 Å². The highest BCUT2D eigenvalue weighted by Gasteiger charge is 2.43. The topological polar surface area (TPSA) is 55.6 Å². The van der Waals surface area contributed by atoms with Gasteiger partial charge in [-0.15, -0.1) is 0 Å². The third-order valence-electron chi connectivity index (χ3n) is 5.25. The Balaban J connectivity index is 1.54. The van der Waals surface area contributed by atoms with E-state index in [1.807, 2.05) is 11.0 Å². The van der Waals surface area contributed by atoms with E-state index in [9.17, 15) is 4.79 Å². The first-order chi connectivity index (χ1) is 10.9. The summed E-state index contributed by atoms with van der Waals surface area (Å²) >= 11 is 0. The summed E-state index contributed by atoms with van der Waals surface area (Å²) in [6, 6.07) is 10.5. The van der Waals surface area contributed by atoms with Gasteiger partial charge in [0.25, 0.3) is 0 Å². The zero-order valence-electron chi connectivity index (χ0n) is 14.3. The van der Waals surface area contributed by atoms with Crippen LogP contribution in [0.2, 0.25) is 0 Å². The number of rotatable bonds is 3. The Bertz CT molecular complexity index is 542. The summed E-state index contributed by atoms with van der Waals surface area (Å²) in [6.45, 7) is 6.02. The fraction of sp³-hybridized carbons (Fsp3) is 0.632. The smallest absolute Gasteiger partial charge is 0.242 e. The molecule has 0 bridgehead atoms. The summed E-state index contributed by atoms with van der Waals surface area (Å²) in [7, 11) is 0. The predicted octanol–water partition coefficient (Wildman–Crippen LogP) is 2.36. The number of piperidine rings is 1. The van der Waals surface area contributed by atoms with Crippen LogP contribution in [0.15, 0.2) is 30.3 Å². The van der Waals surface area contributed by atoms with Crippen LogP contribution < -0.4 is 5.73 Å². The Labute approximate surface area is 139 Å². The normalized spacial score (nSPS) is 24.1. The summed E-state index contributed by atoms with van der Waals surface area (Å²) in [4.78, 5) is 14.2. The van der Waals surface area contributed by atoms with Gasteiger partial charge < -0.3 is 15.4 Å². The summed E-state index contributed by atoms with van der Waals surface area (Å²) in [5.41, 5.74) is 6.77. The van der Waals surface area contributed by atoms with E-state index in [2.05, 4.69) is 24.3 Å². The van der Waals surface area contributed by atoms with Crippen LogP contribution >= 0.6 is 0 Å². The molecule has 3 rings (SSSR count). The van der Waals surface area contributed by atoms with Crippen molar-refractivity contribution in [2.75, 3.05) is 19.7 Å². The molecule has 1 spiro atoms. The third-order valence-corrected chi connectivity index (χ3v) is 5.25. The van der Waals surface area contributed by atoms with Crippen LogP contribution in [-0.2, 0) is 16.0 Å². The Hall–Kier alpha value is -1.39. The second kappa shape index (κ2) is 6.25. The van der Waals surface area contributed by atoms with Crippen LogP contribution in [0.5, 0.6) is 0 Å². The van der Waals surface area contributed by atoms with Crippen molar-refractivity contribution < 1.29 is 9.53 Å². The average Bonchev–Trinajstić information content (AvgIpc) is 2.90. The van der Waals surface area contributed by atoms with Gasteiger partial charge in [-0.3, -0.25) is 4.79 Å². The zero-order chi connectivity index (χ0) is 16.5. The van der Waals surface area contributed by atoms with Crippen LogP contribution in [0.3, 0.4) is 0 Å². The number of nitrogens with two attached hydrogens (primary N) is 1. The molecule has 0 radical (unpaired) electrons. The molecular weight excluding hydrogens is 288 g/mol. The monoisotopic (exact) mass is 316 g/mol. The molecule has 2 N–H and O–H groups in total. The van der Waals surface area contributed by atoms with E-state index in [-0.39, 0.29) is 11.3 Å². The van der Waals surface area contributed by atoms with E-state index in [0.29, 0.717) is 6.10 Å². The van der Waals surface area contributed by atoms with E-state index >= 15 is 0 Å². The van der Waals surface area contributed by atoms with Crippen molar-refractivity contribution in [1.82, 2.24) is 4.90 Å². The first kappa shape index (κ1) is 16.5. The summed E-state index contributed by atoms with van der Waals surface area (Å²) in [5, 5.41) is 0. The van der Waals surface area contributed by atoms with Crippen molar-refractivity contribution in [3.63, 3.8) is 0 Å². The van der Waals surface area contributed by atoms with Crippen LogP contribution in [-0.4, -0.2) is 42.1 Å². The Morgan fingerprint density at radius 1 is 1.30 bits per heavy atom. The second-order valence-electron chi connectivity index (χ2n) is 7.84. The molecule has 4 nitrogen and oxygen atoms in total. The third kappa shape index (κ3) is 3.75. The van der Waals surface area contributed by atoms with Crippen molar-refractivity contribution >= 4 is 5.91 Å². The highest BCUT2D eigenvalue weighted by molar-refractivity contribution is 5.85. The molecule has 1 aromatic rings. The fourth-order valence-corrected chi connectivity index (χ4v) is 3.84. The molecule has 23 heavy (non-hydrogen) atoms. The molecule has 4 heteroatoms. The quantitative estimate of drug-likeness (QED) is 0.931. The lowest BCUT2D eigenvalue weighted by atomic mass is 9.76. The van der Waals surface area contributed by atoms with Gasteiger partial charge in [0, 0.05) is 13.1 Å². The standard InChI is InChI=1S/C19H28N2O2/c1-18(2,20)17(22)21-10-8-19(9-11-21)13-16(23-14-19)12-15-6-4-3-5-7-15/h3-7,16H,8-14,20H2,1-2H3/t16-/m0/s1. The van der Waals surface area contributed by atoms with Crippen LogP contribution in [0.4, 0.5) is 0 Å². The number of likely N-dealkylation sites (tertiary alicyclic amines) is 1. The number of amides is 1. The molecule has 1 atom stereocenters. The maximum atomic E-state index is 12.3. The number of hydrogen-bond acceptors (Lipinski definition) is 3. The molecule has 126 valence electrons. The van der Waals surface area contributed by atoms with Gasteiger partial charge in [0.15, 0.2) is 0 Å². The minimum atomic E-state index is -0.771. The molecule has 0 aliphatic carbocycles. The Morgan fingerprint density at radius 2 is 1.96 bits per heavy atom. The van der Waals surface area contributed by atoms with Gasteiger partial charge in [0.05, 0.1) is 18.2 Å². The maximum absolute atomic E-state index is 12.3. The Kier molecular flexibility index (Phi) is 4.47. The van der Waals surface area contributed by atoms with E-state index in [1.54, 1.807) is 13.8 Å². The summed E-state index contributed by atoms with van der Waals surface area (Å²) in [5.74, 6) is 0.0621. The lowest BCUT2D eigenvalue weighted by Crippen LogP contribution is -2.54. The van der Waals surface area contributed by atoms with Crippen molar-refractivity contribution in [2.24, 2.45) is 11.1 Å². The highest BCUT2D eigenvalue weighted by atomic mass is 16.5. The Morgan fingerprint density at radius 3 is 2.57 bits per heavy atom. The van der Waals surface area contributed by atoms with Crippen molar-refractivity contribution in [3.05, 3.63) is 35.9 Å². The van der Waals surface area contributed by atoms with Gasteiger partial charge in [-0.1, -0.05) is 30.3 Å². The SMILES string of the molecule is CC(C)(N)C(=O)N1CCC2(CC1)CO[C@@H](Cc1ccccc1)C2. The van der Waals surface area contributed by atoms with Crippen LogP contribution in [0.1, 0.15) is 38.7 Å². The van der Waals surface area contributed by atoms with Gasteiger partial charge in [-0.25, -0.2) is 0 Å². The predicted molar refractivity (Wildman–Crippen MR) is 91.0 cm³/mol. The van der Waals surface area contributed by atoms with E-state index in [4.69, 9.17) is 10.5 Å². The first-order valence-electron chi connectivity index (χ1n) is 8.62. The highest BCUT2D eigenvalue weighted by Crippen LogP contribution is 2.42. The van der Waals surface area contributed by atoms with Gasteiger partial charge in [0.2, 0.25) is 5.91 Å². The number of benzene rings is 1. The van der Waals surface area contributed by atoms with Gasteiger partial charge in [-0.2, -0.15) is 0 Å². The minimum Gasteiger partial charge on any atom is -0.377 e. The molecular formula is C19H28N2O2. The summed E-state index contributed by atoms with van der Waals surface area (Å²) in [6.07, 6.45) is 4.46. The van der Waals surface area contributed by atoms with Crippen LogP contribution in [0, 0.1) is 5.41 Å². The molecule has 1 aromatic carbocycles. The molecule has 2 aliphatic heterocycles. The molecule has 2 fully saturated rings. The minimum absolute atomic E-state index is 0.0621. The van der Waals surface area contributed by atoms with E-state index < -0.39 is 5.54 Å². The van der Waals surface area contributed by atoms with Gasteiger partial charge >= 0.3 is 0 Å². The van der Waals surface area contributed by atoms with Crippen molar-refractivity contribution in [1.29, 1.82) is 0 Å². The van der Waals surface area contributed by atoms with Gasteiger partial charge in [0.1, 0.15) is 0 Å². The van der Waals surface area contributed by atoms with E-state index in [1.165, 1.54) is 5.56 Å². The number of carbonyl (C=O) groups is 1. The maximum Gasteiger partial charge on any atom is 0.242 e. The molecule has 0 saturated carbocycles. The molecule has 0 aromatic heterocycles. The number of ether oxygens (including phenoxy) is 1. The first-order valence-corrected chi connectivity index (χ1v) is 8.62. The van der Waals surface area contributed by atoms with Crippen LogP contribution in [0.25, 0.3) is 0 Å². The molecule has 2 saturated heterocycles. The number of carbonyl (C=O) groups excluding carboxylic acids is 1. The molecule has 2 heterocycles. The molecule has 1 amide bonds. The second-order valence-corrected chi connectivity index (χ2v) is 7.84. The summed E-state index contributed by atoms with van der Waals surface area (Å²) < 4.78 is 6.09.